The van der Waals surface area contributed by atoms with Crippen LogP contribution in [0, 0.1) is 0 Å². The van der Waals surface area contributed by atoms with E-state index in [1.165, 1.54) is 0 Å². The molecule has 0 bridgehead atoms. The number of aromatic amines is 1. The fourth-order valence-corrected chi connectivity index (χ4v) is 0.819. The van der Waals surface area contributed by atoms with E-state index in [9.17, 15) is 0 Å². The van der Waals surface area contributed by atoms with E-state index in [1.54, 1.807) is 12.5 Å². The van der Waals surface area contributed by atoms with Gasteiger partial charge in [-0.1, -0.05) is 0 Å². The summed E-state index contributed by atoms with van der Waals surface area (Å²) >= 11 is 0. The molecule has 12 heavy (non-hydrogen) atoms. The number of nitrogens with zero attached hydrogens (tertiary/aromatic N) is 1. The van der Waals surface area contributed by atoms with Crippen LogP contribution in [0.3, 0.4) is 0 Å². The number of aliphatic hydroxyl groups excluding tert-OH is 2. The number of hydrogen-bond acceptors (Lipinski definition) is 4. The number of nitrogens with one attached hydrogen (secondary N) is 2. The minimum absolute atomic E-state index is 0.212. The van der Waals surface area contributed by atoms with Crippen LogP contribution in [0.15, 0.2) is 12.5 Å². The fourth-order valence-electron chi connectivity index (χ4n) is 0.819. The minimum Gasteiger partial charge on any atom is -0.394 e. The molecule has 5 heteroatoms. The SMILES string of the molecule is OCC(O)CNCc1cnc[nH]1. The summed E-state index contributed by atoms with van der Waals surface area (Å²) in [6.07, 6.45) is 2.62. The maximum atomic E-state index is 8.95. The van der Waals surface area contributed by atoms with E-state index in [2.05, 4.69) is 15.3 Å². The molecule has 68 valence electrons. The highest BCUT2D eigenvalue weighted by Gasteiger charge is 2.00. The van der Waals surface area contributed by atoms with Crippen LogP contribution in [0.2, 0.25) is 0 Å². The van der Waals surface area contributed by atoms with Crippen molar-refractivity contribution in [1.82, 2.24) is 15.3 Å². The lowest BCUT2D eigenvalue weighted by molar-refractivity contribution is 0.0941. The predicted octanol–water partition coefficient (Wildman–Crippen LogP) is -1.15. The summed E-state index contributed by atoms with van der Waals surface area (Å²) in [5, 5.41) is 20.4. The topological polar surface area (TPSA) is 81.2 Å². The van der Waals surface area contributed by atoms with E-state index < -0.39 is 6.10 Å². The predicted molar refractivity (Wildman–Crippen MR) is 43.4 cm³/mol. The summed E-state index contributed by atoms with van der Waals surface area (Å²) < 4.78 is 0. The highest BCUT2D eigenvalue weighted by Crippen LogP contribution is 1.88. The van der Waals surface area contributed by atoms with Crippen LogP contribution in [0.25, 0.3) is 0 Å². The third-order valence-corrected chi connectivity index (χ3v) is 1.46. The molecule has 0 fully saturated rings. The van der Waals surface area contributed by atoms with E-state index in [4.69, 9.17) is 10.2 Å². The molecule has 0 aliphatic rings. The molecule has 0 aliphatic heterocycles. The molecular formula is C7H13N3O2. The van der Waals surface area contributed by atoms with Crippen molar-refractivity contribution in [2.24, 2.45) is 0 Å². The Labute approximate surface area is 70.5 Å². The Morgan fingerprint density at radius 3 is 3.08 bits per heavy atom. The zero-order chi connectivity index (χ0) is 8.81. The van der Waals surface area contributed by atoms with Crippen molar-refractivity contribution in [3.63, 3.8) is 0 Å². The zero-order valence-corrected chi connectivity index (χ0v) is 6.70. The number of rotatable bonds is 5. The third-order valence-electron chi connectivity index (χ3n) is 1.46. The Bertz CT molecular complexity index is 200. The van der Waals surface area contributed by atoms with Crippen LogP contribution in [0.4, 0.5) is 0 Å². The van der Waals surface area contributed by atoms with Crippen LogP contribution >= 0.6 is 0 Å². The Hall–Kier alpha value is -0.910. The van der Waals surface area contributed by atoms with Gasteiger partial charge in [-0.2, -0.15) is 0 Å². The second kappa shape index (κ2) is 4.87. The minimum atomic E-state index is -0.687. The molecule has 5 nitrogen and oxygen atoms in total. The van der Waals surface area contributed by atoms with Crippen molar-refractivity contribution in [2.75, 3.05) is 13.2 Å². The number of hydrogen-bond donors (Lipinski definition) is 4. The van der Waals surface area contributed by atoms with Gasteiger partial charge >= 0.3 is 0 Å². The first kappa shape index (κ1) is 9.18. The largest absolute Gasteiger partial charge is 0.394 e. The normalized spacial score (nSPS) is 13.2. The van der Waals surface area contributed by atoms with Crippen molar-refractivity contribution in [2.45, 2.75) is 12.6 Å². The van der Waals surface area contributed by atoms with Gasteiger partial charge < -0.3 is 20.5 Å². The molecule has 1 aromatic rings. The van der Waals surface area contributed by atoms with Crippen LogP contribution in [0.1, 0.15) is 5.69 Å². The number of aromatic nitrogens is 2. The van der Waals surface area contributed by atoms with Gasteiger partial charge in [-0.15, -0.1) is 0 Å². The summed E-state index contributed by atoms with van der Waals surface area (Å²) in [5.74, 6) is 0. The third kappa shape index (κ3) is 3.00. The molecule has 1 aromatic heterocycles. The number of H-pyrrole nitrogens is 1. The van der Waals surface area contributed by atoms with Crippen LogP contribution in [-0.2, 0) is 6.54 Å². The first-order valence-electron chi connectivity index (χ1n) is 3.80. The maximum Gasteiger partial charge on any atom is 0.0922 e. The van der Waals surface area contributed by atoms with E-state index in [1.807, 2.05) is 0 Å². The van der Waals surface area contributed by atoms with Gasteiger partial charge in [0.25, 0.3) is 0 Å². The number of aliphatic hydroxyl groups is 2. The standard InChI is InChI=1S/C7H13N3O2/c11-4-7(12)3-8-1-6-2-9-5-10-6/h2,5,7-8,11-12H,1,3-4H2,(H,9,10). The molecule has 0 saturated heterocycles. The molecule has 0 aliphatic carbocycles. The van der Waals surface area contributed by atoms with Gasteiger partial charge in [0.15, 0.2) is 0 Å². The van der Waals surface area contributed by atoms with Gasteiger partial charge in [0, 0.05) is 25.0 Å². The van der Waals surface area contributed by atoms with E-state index >= 15 is 0 Å². The van der Waals surface area contributed by atoms with Crippen molar-refractivity contribution in [3.8, 4) is 0 Å². The average Bonchev–Trinajstić information content (AvgIpc) is 2.57. The van der Waals surface area contributed by atoms with Crippen molar-refractivity contribution in [1.29, 1.82) is 0 Å². The zero-order valence-electron chi connectivity index (χ0n) is 6.70. The van der Waals surface area contributed by atoms with Crippen LogP contribution in [0.5, 0.6) is 0 Å². The Balaban J connectivity index is 2.11. The molecule has 1 heterocycles. The molecule has 1 rings (SSSR count). The van der Waals surface area contributed by atoms with E-state index in [0.717, 1.165) is 5.69 Å². The molecule has 0 spiro atoms. The van der Waals surface area contributed by atoms with Gasteiger partial charge in [0.05, 0.1) is 19.0 Å². The summed E-state index contributed by atoms with van der Waals surface area (Å²) in [7, 11) is 0. The lowest BCUT2D eigenvalue weighted by atomic mass is 10.3. The lowest BCUT2D eigenvalue weighted by Crippen LogP contribution is -2.28. The molecule has 4 N–H and O–H groups in total. The Kier molecular flexibility index (Phi) is 3.72. The fraction of sp³-hybridized carbons (Fsp3) is 0.571. The summed E-state index contributed by atoms with van der Waals surface area (Å²) in [6.45, 7) is 0.794. The molecule has 1 unspecified atom stereocenters. The number of imidazole rings is 1. The van der Waals surface area contributed by atoms with Gasteiger partial charge in [-0.3, -0.25) is 0 Å². The van der Waals surface area contributed by atoms with Gasteiger partial charge in [-0.25, -0.2) is 4.98 Å². The quantitative estimate of drug-likeness (QED) is 0.451. The van der Waals surface area contributed by atoms with Gasteiger partial charge in [0.1, 0.15) is 0 Å². The van der Waals surface area contributed by atoms with Crippen molar-refractivity contribution < 1.29 is 10.2 Å². The summed E-state index contributed by atoms with van der Waals surface area (Å²) in [5.41, 5.74) is 0.958. The van der Waals surface area contributed by atoms with E-state index in [0.29, 0.717) is 13.1 Å². The molecule has 0 aromatic carbocycles. The summed E-state index contributed by atoms with van der Waals surface area (Å²) in [4.78, 5) is 6.74. The molecule has 1 atom stereocenters. The second-order valence-corrected chi connectivity index (χ2v) is 2.54. The second-order valence-electron chi connectivity index (χ2n) is 2.54. The Morgan fingerprint density at radius 2 is 2.50 bits per heavy atom. The lowest BCUT2D eigenvalue weighted by Gasteiger charge is -2.06. The van der Waals surface area contributed by atoms with Gasteiger partial charge in [-0.05, 0) is 0 Å². The Morgan fingerprint density at radius 1 is 1.67 bits per heavy atom. The van der Waals surface area contributed by atoms with E-state index in [-0.39, 0.29) is 6.61 Å². The first-order chi connectivity index (χ1) is 5.83. The van der Waals surface area contributed by atoms with Crippen molar-refractivity contribution in [3.05, 3.63) is 18.2 Å². The monoisotopic (exact) mass is 171 g/mol. The van der Waals surface area contributed by atoms with Gasteiger partial charge in [0.2, 0.25) is 0 Å². The highest BCUT2D eigenvalue weighted by molar-refractivity contribution is 4.93. The highest BCUT2D eigenvalue weighted by atomic mass is 16.3. The smallest absolute Gasteiger partial charge is 0.0922 e. The molecule has 0 radical (unpaired) electrons. The molecular weight excluding hydrogens is 158 g/mol. The molecule has 0 amide bonds. The summed E-state index contributed by atoms with van der Waals surface area (Å²) in [6, 6.07) is 0. The molecule has 0 saturated carbocycles. The van der Waals surface area contributed by atoms with Crippen LogP contribution < -0.4 is 5.32 Å². The average molecular weight is 171 g/mol. The maximum absolute atomic E-state index is 8.95. The van der Waals surface area contributed by atoms with Crippen molar-refractivity contribution >= 4 is 0 Å². The van der Waals surface area contributed by atoms with Crippen LogP contribution in [-0.4, -0.2) is 39.4 Å². The first-order valence-corrected chi connectivity index (χ1v) is 3.80.